The van der Waals surface area contributed by atoms with Gasteiger partial charge in [0.25, 0.3) is 0 Å². The van der Waals surface area contributed by atoms with Crippen LogP contribution in [-0.4, -0.2) is 5.78 Å². The Hall–Kier alpha value is -2.14. The topological polar surface area (TPSA) is 52.3 Å². The molecular weight excluding hydrogens is 265 g/mol. The highest BCUT2D eigenvalue weighted by Crippen LogP contribution is 2.36. The molecule has 5 heteroatoms. The molecule has 96 valence electrons. The second-order valence-electron chi connectivity index (χ2n) is 4.17. The maximum absolute atomic E-state index is 13.2. The fourth-order valence-electron chi connectivity index (χ4n) is 2.06. The Morgan fingerprint density at radius 2 is 2.16 bits per heavy atom. The molecule has 0 aliphatic carbocycles. The van der Waals surface area contributed by atoms with E-state index in [-0.39, 0.29) is 17.2 Å². The predicted molar refractivity (Wildman–Crippen MR) is 70.7 cm³/mol. The molecule has 0 radical (unpaired) electrons. The summed E-state index contributed by atoms with van der Waals surface area (Å²) in [6.07, 6.45) is -0.718. The fourth-order valence-corrected chi connectivity index (χ4v) is 2.74. The largest absolute Gasteiger partial charge is 0.462 e. The van der Waals surface area contributed by atoms with E-state index in [1.165, 1.54) is 29.5 Å². The van der Waals surface area contributed by atoms with Crippen molar-refractivity contribution in [3.05, 3.63) is 63.9 Å². The summed E-state index contributed by atoms with van der Waals surface area (Å²) in [5, 5.41) is 3.70. The zero-order chi connectivity index (χ0) is 13.4. The summed E-state index contributed by atoms with van der Waals surface area (Å²) in [5.41, 5.74) is 7.22. The predicted octanol–water partition coefficient (Wildman–Crippen LogP) is 2.86. The quantitative estimate of drug-likeness (QED) is 0.917. The molecule has 2 aromatic rings. The molecule has 19 heavy (non-hydrogen) atoms. The van der Waals surface area contributed by atoms with Gasteiger partial charge in [0.15, 0.2) is 12.0 Å². The van der Waals surface area contributed by atoms with Gasteiger partial charge in [0.2, 0.25) is 5.78 Å². The van der Waals surface area contributed by atoms with Crippen LogP contribution in [0, 0.1) is 5.82 Å². The van der Waals surface area contributed by atoms with Gasteiger partial charge in [-0.2, -0.15) is 11.3 Å². The molecule has 0 amide bonds. The molecule has 0 spiro atoms. The molecule has 0 bridgehead atoms. The monoisotopic (exact) mass is 275 g/mol. The summed E-state index contributed by atoms with van der Waals surface area (Å²) in [6, 6.07) is 7.59. The number of ether oxygens (including phenoxy) is 1. The average Bonchev–Trinajstić information content (AvgIpc) is 2.97. The van der Waals surface area contributed by atoms with E-state index in [2.05, 4.69) is 0 Å². The maximum Gasteiger partial charge on any atom is 0.213 e. The molecule has 1 aromatic heterocycles. The van der Waals surface area contributed by atoms with Crippen LogP contribution in [0.2, 0.25) is 0 Å². The number of ketones is 1. The molecule has 1 aliphatic rings. The SMILES string of the molecule is NC1=C(c2cccc(F)c2)C(=O)C(c2ccsc2)O1. The zero-order valence-corrected chi connectivity index (χ0v) is 10.6. The molecular formula is C14H10FNO2S. The summed E-state index contributed by atoms with van der Waals surface area (Å²) in [5.74, 6) is -0.599. The summed E-state index contributed by atoms with van der Waals surface area (Å²) < 4.78 is 18.6. The molecule has 1 aromatic carbocycles. The normalized spacial score (nSPS) is 18.8. The van der Waals surface area contributed by atoms with Gasteiger partial charge in [0.05, 0.1) is 5.57 Å². The van der Waals surface area contributed by atoms with Crippen LogP contribution in [0.1, 0.15) is 17.2 Å². The van der Waals surface area contributed by atoms with E-state index in [0.29, 0.717) is 5.56 Å². The number of hydrogen-bond acceptors (Lipinski definition) is 4. The van der Waals surface area contributed by atoms with Crippen LogP contribution in [0.3, 0.4) is 0 Å². The Balaban J connectivity index is 1.99. The van der Waals surface area contributed by atoms with E-state index >= 15 is 0 Å². The fraction of sp³-hybridized carbons (Fsp3) is 0.0714. The van der Waals surface area contributed by atoms with Gasteiger partial charge in [-0.3, -0.25) is 4.79 Å². The number of hydrogen-bond donors (Lipinski definition) is 1. The summed E-state index contributed by atoms with van der Waals surface area (Å²) in [7, 11) is 0. The lowest BCUT2D eigenvalue weighted by Gasteiger charge is -2.07. The van der Waals surface area contributed by atoms with Gasteiger partial charge in [-0.1, -0.05) is 12.1 Å². The van der Waals surface area contributed by atoms with E-state index in [1.54, 1.807) is 6.07 Å². The van der Waals surface area contributed by atoms with Crippen LogP contribution in [0.15, 0.2) is 47.0 Å². The van der Waals surface area contributed by atoms with E-state index in [1.807, 2.05) is 16.8 Å². The smallest absolute Gasteiger partial charge is 0.213 e. The first-order valence-corrected chi connectivity index (χ1v) is 6.60. The molecule has 1 unspecified atom stereocenters. The van der Waals surface area contributed by atoms with Crippen molar-refractivity contribution in [3.63, 3.8) is 0 Å². The van der Waals surface area contributed by atoms with E-state index in [4.69, 9.17) is 10.5 Å². The number of halogens is 1. The lowest BCUT2D eigenvalue weighted by Crippen LogP contribution is -2.08. The molecule has 1 aliphatic heterocycles. The van der Waals surface area contributed by atoms with Gasteiger partial charge >= 0.3 is 0 Å². The Kier molecular flexibility index (Phi) is 2.83. The lowest BCUT2D eigenvalue weighted by atomic mass is 9.98. The van der Waals surface area contributed by atoms with Crippen molar-refractivity contribution in [2.45, 2.75) is 6.10 Å². The van der Waals surface area contributed by atoms with Gasteiger partial charge < -0.3 is 10.5 Å². The number of thiophene rings is 1. The first-order valence-electron chi connectivity index (χ1n) is 5.65. The summed E-state index contributed by atoms with van der Waals surface area (Å²) >= 11 is 1.48. The summed E-state index contributed by atoms with van der Waals surface area (Å²) in [6.45, 7) is 0. The van der Waals surface area contributed by atoms with Gasteiger partial charge in [-0.25, -0.2) is 4.39 Å². The molecule has 3 nitrogen and oxygen atoms in total. The molecule has 0 fully saturated rings. The molecule has 1 atom stereocenters. The van der Waals surface area contributed by atoms with Crippen LogP contribution in [0.5, 0.6) is 0 Å². The van der Waals surface area contributed by atoms with Crippen molar-refractivity contribution in [2.75, 3.05) is 0 Å². The Morgan fingerprint density at radius 3 is 2.84 bits per heavy atom. The van der Waals surface area contributed by atoms with E-state index < -0.39 is 11.9 Å². The van der Waals surface area contributed by atoms with Crippen LogP contribution >= 0.6 is 11.3 Å². The summed E-state index contributed by atoms with van der Waals surface area (Å²) in [4.78, 5) is 12.3. The first-order chi connectivity index (χ1) is 9.16. The van der Waals surface area contributed by atoms with Gasteiger partial charge in [-0.15, -0.1) is 0 Å². The number of rotatable bonds is 2. The van der Waals surface area contributed by atoms with Crippen LogP contribution in [0.25, 0.3) is 5.57 Å². The number of carbonyl (C=O) groups is 1. The van der Waals surface area contributed by atoms with E-state index in [0.717, 1.165) is 5.56 Å². The van der Waals surface area contributed by atoms with E-state index in [9.17, 15) is 9.18 Å². The highest BCUT2D eigenvalue weighted by atomic mass is 32.1. The van der Waals surface area contributed by atoms with Crippen molar-refractivity contribution in [1.82, 2.24) is 0 Å². The van der Waals surface area contributed by atoms with Crippen LogP contribution in [-0.2, 0) is 9.53 Å². The zero-order valence-electron chi connectivity index (χ0n) is 9.80. The third kappa shape index (κ3) is 2.02. The first kappa shape index (κ1) is 11.9. The average molecular weight is 275 g/mol. The highest BCUT2D eigenvalue weighted by molar-refractivity contribution is 7.08. The molecule has 2 heterocycles. The molecule has 0 saturated carbocycles. The Morgan fingerprint density at radius 1 is 1.32 bits per heavy atom. The second kappa shape index (κ2) is 4.51. The van der Waals surface area contributed by atoms with Gasteiger partial charge in [-0.05, 0) is 34.5 Å². The van der Waals surface area contributed by atoms with Crippen molar-refractivity contribution in [1.29, 1.82) is 0 Å². The molecule has 2 N–H and O–H groups in total. The Bertz CT molecular complexity index is 664. The minimum Gasteiger partial charge on any atom is -0.462 e. The van der Waals surface area contributed by atoms with Crippen molar-refractivity contribution >= 4 is 22.7 Å². The highest BCUT2D eigenvalue weighted by Gasteiger charge is 2.36. The number of nitrogens with two attached hydrogens (primary N) is 1. The minimum atomic E-state index is -0.718. The van der Waals surface area contributed by atoms with Gasteiger partial charge in [0, 0.05) is 5.56 Å². The maximum atomic E-state index is 13.2. The minimum absolute atomic E-state index is 0.0480. The third-order valence-corrected chi connectivity index (χ3v) is 3.64. The third-order valence-electron chi connectivity index (χ3n) is 2.93. The number of benzene rings is 1. The second-order valence-corrected chi connectivity index (χ2v) is 4.95. The molecule has 0 saturated heterocycles. The number of carbonyl (C=O) groups excluding carboxylic acids is 1. The van der Waals surface area contributed by atoms with Crippen LogP contribution in [0.4, 0.5) is 4.39 Å². The lowest BCUT2D eigenvalue weighted by molar-refractivity contribution is -0.120. The van der Waals surface area contributed by atoms with Gasteiger partial charge in [0.1, 0.15) is 5.82 Å². The Labute approximate surface area is 113 Å². The van der Waals surface area contributed by atoms with Crippen molar-refractivity contribution < 1.29 is 13.9 Å². The van der Waals surface area contributed by atoms with Crippen LogP contribution < -0.4 is 5.73 Å². The standard InChI is InChI=1S/C14H10FNO2S/c15-10-3-1-2-8(6-10)11-12(17)13(18-14(11)16)9-4-5-19-7-9/h1-7,13H,16H2. The van der Waals surface area contributed by atoms with Crippen molar-refractivity contribution in [2.24, 2.45) is 5.73 Å². The molecule has 3 rings (SSSR count). The number of Topliss-reactive ketones (excluding diaryl/α,β-unsaturated/α-hetero) is 1. The van der Waals surface area contributed by atoms with Crippen molar-refractivity contribution in [3.8, 4) is 0 Å².